The van der Waals surface area contributed by atoms with Crippen LogP contribution in [0.4, 0.5) is 5.69 Å². The molecule has 0 aliphatic rings. The lowest BCUT2D eigenvalue weighted by Gasteiger charge is -2.08. The van der Waals surface area contributed by atoms with Gasteiger partial charge in [-0.2, -0.15) is 0 Å². The van der Waals surface area contributed by atoms with Crippen molar-refractivity contribution in [2.45, 2.75) is 6.42 Å². The summed E-state index contributed by atoms with van der Waals surface area (Å²) in [5.41, 5.74) is 6.53. The lowest BCUT2D eigenvalue weighted by molar-refractivity contribution is 0.0952. The molecule has 1 aromatic carbocycles. The number of hydrogen-bond donors (Lipinski definition) is 2. The molecular weight excluding hydrogens is 254 g/mol. The first-order valence-corrected chi connectivity index (χ1v) is 6.43. The molecule has 0 bridgehead atoms. The molecule has 0 spiro atoms. The van der Waals surface area contributed by atoms with Crippen LogP contribution in [-0.4, -0.2) is 24.0 Å². The van der Waals surface area contributed by atoms with Crippen LogP contribution >= 0.6 is 0 Å². The first-order chi connectivity index (χ1) is 9.77. The summed E-state index contributed by atoms with van der Waals surface area (Å²) in [6.07, 6.45) is 3.74. The highest BCUT2D eigenvalue weighted by atomic mass is 16.5. The maximum atomic E-state index is 11.8. The molecule has 0 saturated heterocycles. The molecule has 1 heterocycles. The zero-order valence-electron chi connectivity index (χ0n) is 11.1. The maximum Gasteiger partial charge on any atom is 0.254 e. The molecule has 20 heavy (non-hydrogen) atoms. The van der Waals surface area contributed by atoms with Crippen LogP contribution in [0.25, 0.3) is 0 Å². The average molecular weight is 271 g/mol. The van der Waals surface area contributed by atoms with Crippen molar-refractivity contribution in [2.24, 2.45) is 0 Å². The van der Waals surface area contributed by atoms with E-state index in [-0.39, 0.29) is 5.91 Å². The lowest BCUT2D eigenvalue weighted by atomic mass is 10.2. The fourth-order valence-corrected chi connectivity index (χ4v) is 1.67. The van der Waals surface area contributed by atoms with E-state index in [0.717, 1.165) is 12.2 Å². The number of ether oxygens (including phenoxy) is 1. The lowest BCUT2D eigenvalue weighted by Crippen LogP contribution is -2.26. The van der Waals surface area contributed by atoms with Crippen LogP contribution in [0.5, 0.6) is 5.75 Å². The van der Waals surface area contributed by atoms with Crippen LogP contribution in [0.3, 0.4) is 0 Å². The van der Waals surface area contributed by atoms with E-state index in [4.69, 9.17) is 10.5 Å². The highest BCUT2D eigenvalue weighted by molar-refractivity contribution is 5.98. The van der Waals surface area contributed by atoms with Gasteiger partial charge in [0.15, 0.2) is 0 Å². The summed E-state index contributed by atoms with van der Waals surface area (Å²) in [5.74, 6) is 0.616. The number of carbonyl (C=O) groups excluding carboxylic acids is 1. The van der Waals surface area contributed by atoms with Crippen molar-refractivity contribution in [1.82, 2.24) is 10.3 Å². The quantitative estimate of drug-likeness (QED) is 0.786. The highest BCUT2D eigenvalue weighted by Crippen LogP contribution is 2.09. The van der Waals surface area contributed by atoms with Crippen LogP contribution in [0.2, 0.25) is 0 Å². The molecule has 3 N–H and O–H groups in total. The van der Waals surface area contributed by atoms with Gasteiger partial charge in [0.1, 0.15) is 5.75 Å². The van der Waals surface area contributed by atoms with Crippen molar-refractivity contribution in [3.63, 3.8) is 0 Å². The number of nitrogens with zero attached hydrogens (tertiary/aromatic N) is 1. The number of hydrogen-bond acceptors (Lipinski definition) is 4. The number of para-hydroxylation sites is 1. The van der Waals surface area contributed by atoms with Gasteiger partial charge < -0.3 is 15.8 Å². The number of anilines is 1. The Morgan fingerprint density at radius 2 is 2.05 bits per heavy atom. The van der Waals surface area contributed by atoms with Gasteiger partial charge in [-0.3, -0.25) is 9.78 Å². The molecule has 5 nitrogen and oxygen atoms in total. The molecular formula is C15H17N3O2. The third-order valence-electron chi connectivity index (χ3n) is 2.72. The molecule has 0 atom stereocenters. The van der Waals surface area contributed by atoms with E-state index < -0.39 is 0 Å². The summed E-state index contributed by atoms with van der Waals surface area (Å²) in [6.45, 7) is 1.08. The molecule has 0 radical (unpaired) electrons. The molecule has 0 fully saturated rings. The third kappa shape index (κ3) is 3.98. The van der Waals surface area contributed by atoms with Crippen LogP contribution in [-0.2, 0) is 0 Å². The van der Waals surface area contributed by atoms with E-state index in [0.29, 0.717) is 24.4 Å². The van der Waals surface area contributed by atoms with E-state index >= 15 is 0 Å². The predicted octanol–water partition coefficient (Wildman–Crippen LogP) is 1.86. The normalized spacial score (nSPS) is 10.0. The van der Waals surface area contributed by atoms with Gasteiger partial charge in [0.2, 0.25) is 0 Å². The van der Waals surface area contributed by atoms with Gasteiger partial charge in [0.05, 0.1) is 12.2 Å². The minimum Gasteiger partial charge on any atom is -0.494 e. The fraction of sp³-hybridized carbons (Fsp3) is 0.200. The molecule has 1 aromatic heterocycles. The van der Waals surface area contributed by atoms with Crippen molar-refractivity contribution < 1.29 is 9.53 Å². The summed E-state index contributed by atoms with van der Waals surface area (Å²) >= 11 is 0. The van der Waals surface area contributed by atoms with Gasteiger partial charge >= 0.3 is 0 Å². The minimum atomic E-state index is -0.213. The largest absolute Gasteiger partial charge is 0.494 e. The molecule has 0 aliphatic heterocycles. The van der Waals surface area contributed by atoms with Crippen molar-refractivity contribution >= 4 is 11.6 Å². The molecule has 0 aliphatic carbocycles. The number of nitrogens with one attached hydrogen (secondary N) is 1. The Bertz CT molecular complexity index is 558. The van der Waals surface area contributed by atoms with Gasteiger partial charge in [0.25, 0.3) is 5.91 Å². The number of nitrogens with two attached hydrogens (primary N) is 1. The second-order valence-corrected chi connectivity index (χ2v) is 4.23. The zero-order chi connectivity index (χ0) is 14.2. The van der Waals surface area contributed by atoms with Crippen LogP contribution < -0.4 is 15.8 Å². The molecule has 0 saturated carbocycles. The van der Waals surface area contributed by atoms with Crippen molar-refractivity contribution in [3.8, 4) is 5.75 Å². The number of pyridine rings is 1. The molecule has 2 aromatic rings. The number of nitrogen functional groups attached to an aromatic ring is 1. The maximum absolute atomic E-state index is 11.8. The van der Waals surface area contributed by atoms with Gasteiger partial charge in [-0.1, -0.05) is 18.2 Å². The van der Waals surface area contributed by atoms with Gasteiger partial charge in [-0.25, -0.2) is 0 Å². The van der Waals surface area contributed by atoms with E-state index in [1.807, 2.05) is 30.3 Å². The van der Waals surface area contributed by atoms with Crippen molar-refractivity contribution in [2.75, 3.05) is 18.9 Å². The van der Waals surface area contributed by atoms with E-state index in [2.05, 4.69) is 10.3 Å². The first kappa shape index (κ1) is 13.9. The minimum absolute atomic E-state index is 0.213. The standard InChI is InChI=1S/C15H17N3O2/c16-14-7-9-17-11-13(14)15(19)18-8-4-10-20-12-5-2-1-3-6-12/h1-3,5-7,9,11H,4,8,10H2,(H2,16,17)(H,18,19). The zero-order valence-corrected chi connectivity index (χ0v) is 11.1. The smallest absolute Gasteiger partial charge is 0.254 e. The topological polar surface area (TPSA) is 77.2 Å². The Labute approximate surface area is 117 Å². The number of benzene rings is 1. The third-order valence-corrected chi connectivity index (χ3v) is 2.72. The SMILES string of the molecule is Nc1ccncc1C(=O)NCCCOc1ccccc1. The molecule has 0 unspecified atom stereocenters. The highest BCUT2D eigenvalue weighted by Gasteiger charge is 2.08. The van der Waals surface area contributed by atoms with E-state index in [9.17, 15) is 4.79 Å². The van der Waals surface area contributed by atoms with Gasteiger partial charge in [0, 0.05) is 24.6 Å². The second-order valence-electron chi connectivity index (χ2n) is 4.23. The Balaban J connectivity index is 1.69. The van der Waals surface area contributed by atoms with Gasteiger partial charge in [-0.05, 0) is 24.6 Å². The Kier molecular flexibility index (Phi) is 4.94. The molecule has 2 rings (SSSR count). The fourth-order valence-electron chi connectivity index (χ4n) is 1.67. The van der Waals surface area contributed by atoms with Crippen LogP contribution in [0, 0.1) is 0 Å². The first-order valence-electron chi connectivity index (χ1n) is 6.43. The second kappa shape index (κ2) is 7.13. The summed E-state index contributed by atoms with van der Waals surface area (Å²) in [4.78, 5) is 15.7. The monoisotopic (exact) mass is 271 g/mol. The Morgan fingerprint density at radius 3 is 2.80 bits per heavy atom. The number of amides is 1. The summed E-state index contributed by atoms with van der Waals surface area (Å²) in [7, 11) is 0. The summed E-state index contributed by atoms with van der Waals surface area (Å²) < 4.78 is 5.53. The van der Waals surface area contributed by atoms with Crippen molar-refractivity contribution in [1.29, 1.82) is 0 Å². The van der Waals surface area contributed by atoms with E-state index in [1.165, 1.54) is 6.20 Å². The van der Waals surface area contributed by atoms with E-state index in [1.54, 1.807) is 12.3 Å². The van der Waals surface area contributed by atoms with Gasteiger partial charge in [-0.15, -0.1) is 0 Å². The number of rotatable bonds is 6. The summed E-state index contributed by atoms with van der Waals surface area (Å²) in [6, 6.07) is 11.2. The van der Waals surface area contributed by atoms with Crippen LogP contribution in [0.1, 0.15) is 16.8 Å². The number of aromatic nitrogens is 1. The predicted molar refractivity (Wildman–Crippen MR) is 77.5 cm³/mol. The summed E-state index contributed by atoms with van der Waals surface area (Å²) in [5, 5.41) is 2.79. The Morgan fingerprint density at radius 1 is 1.25 bits per heavy atom. The molecule has 104 valence electrons. The molecule has 1 amide bonds. The number of carbonyl (C=O) groups is 1. The van der Waals surface area contributed by atoms with Crippen LogP contribution in [0.15, 0.2) is 48.8 Å². The van der Waals surface area contributed by atoms with Crippen molar-refractivity contribution in [3.05, 3.63) is 54.4 Å². The average Bonchev–Trinajstić information content (AvgIpc) is 2.48. The molecule has 5 heteroatoms. The Hall–Kier alpha value is -2.56.